The Balaban J connectivity index is 1.70. The average molecular weight is 445 g/mol. The lowest BCUT2D eigenvalue weighted by atomic mass is 10.1. The number of anilines is 1. The van der Waals surface area contributed by atoms with Gasteiger partial charge in [-0.15, -0.1) is 11.3 Å². The van der Waals surface area contributed by atoms with Crippen molar-refractivity contribution in [2.75, 3.05) is 25.6 Å². The number of nitrogens with one attached hydrogen (secondary N) is 1. The van der Waals surface area contributed by atoms with Crippen molar-refractivity contribution in [3.63, 3.8) is 0 Å². The van der Waals surface area contributed by atoms with Gasteiger partial charge in [-0.05, 0) is 31.2 Å². The van der Waals surface area contributed by atoms with Gasteiger partial charge in [0.1, 0.15) is 33.4 Å². The fraction of sp³-hybridized carbons (Fsp3) is 0.190. The van der Waals surface area contributed by atoms with Gasteiger partial charge in [-0.25, -0.2) is 9.59 Å². The summed E-state index contributed by atoms with van der Waals surface area (Å²) >= 11 is 1.11. The van der Waals surface area contributed by atoms with E-state index in [9.17, 15) is 19.5 Å². The van der Waals surface area contributed by atoms with Crippen LogP contribution < -0.4 is 10.1 Å². The molecule has 0 unspecified atom stereocenters. The van der Waals surface area contributed by atoms with Gasteiger partial charge in [0.05, 0.1) is 20.0 Å². The van der Waals surface area contributed by atoms with E-state index < -0.39 is 24.5 Å². The van der Waals surface area contributed by atoms with Crippen LogP contribution in [0, 0.1) is 0 Å². The van der Waals surface area contributed by atoms with Crippen LogP contribution in [0.15, 0.2) is 46.4 Å². The van der Waals surface area contributed by atoms with Gasteiger partial charge in [0.25, 0.3) is 5.91 Å². The number of phenolic OH excluding ortho intramolecular Hbond substituents is 1. The number of phenols is 1. The van der Waals surface area contributed by atoms with Crippen LogP contribution in [-0.4, -0.2) is 43.3 Å². The van der Waals surface area contributed by atoms with E-state index in [2.05, 4.69) is 5.32 Å². The minimum atomic E-state index is -0.886. The zero-order valence-electron chi connectivity index (χ0n) is 16.7. The number of furan rings is 1. The molecule has 9 nitrogen and oxygen atoms in total. The van der Waals surface area contributed by atoms with Gasteiger partial charge >= 0.3 is 11.9 Å². The zero-order chi connectivity index (χ0) is 22.4. The monoisotopic (exact) mass is 445 g/mol. The van der Waals surface area contributed by atoms with Crippen LogP contribution in [-0.2, 0) is 14.3 Å². The van der Waals surface area contributed by atoms with Crippen molar-refractivity contribution in [3.8, 4) is 22.8 Å². The van der Waals surface area contributed by atoms with Crippen LogP contribution in [0.5, 0.6) is 11.5 Å². The molecule has 0 saturated heterocycles. The zero-order valence-corrected chi connectivity index (χ0v) is 17.5. The summed E-state index contributed by atoms with van der Waals surface area (Å²) in [5, 5.41) is 14.3. The lowest BCUT2D eigenvalue weighted by Gasteiger charge is -2.09. The fourth-order valence-corrected chi connectivity index (χ4v) is 3.61. The van der Waals surface area contributed by atoms with Crippen LogP contribution in [0.4, 0.5) is 5.00 Å². The molecule has 2 N–H and O–H groups in total. The summed E-state index contributed by atoms with van der Waals surface area (Å²) in [6.45, 7) is 1.20. The number of ether oxygens (including phenoxy) is 3. The van der Waals surface area contributed by atoms with Crippen molar-refractivity contribution >= 4 is 34.2 Å². The number of aromatic hydroxyl groups is 1. The van der Waals surface area contributed by atoms with Gasteiger partial charge in [0.15, 0.2) is 6.61 Å². The predicted molar refractivity (Wildman–Crippen MR) is 112 cm³/mol. The molecule has 0 fully saturated rings. The maximum absolute atomic E-state index is 12.4. The van der Waals surface area contributed by atoms with E-state index in [1.807, 2.05) is 0 Å². The Labute approximate surface area is 181 Å². The Morgan fingerprint density at radius 2 is 1.97 bits per heavy atom. The molecule has 0 radical (unpaired) electrons. The number of carbonyl (C=O) groups is 3. The quantitative estimate of drug-likeness (QED) is 0.503. The molecule has 1 amide bonds. The molecule has 0 aliphatic rings. The lowest BCUT2D eigenvalue weighted by molar-refractivity contribution is -0.119. The summed E-state index contributed by atoms with van der Waals surface area (Å²) in [6.07, 6.45) is 1.47. The summed E-state index contributed by atoms with van der Waals surface area (Å²) in [5.74, 6) is -1.70. The molecule has 0 saturated carbocycles. The minimum Gasteiger partial charge on any atom is -0.507 e. The van der Waals surface area contributed by atoms with Crippen LogP contribution in [0.1, 0.15) is 27.6 Å². The van der Waals surface area contributed by atoms with Crippen molar-refractivity contribution in [2.45, 2.75) is 6.92 Å². The van der Waals surface area contributed by atoms with E-state index in [-0.39, 0.29) is 28.5 Å². The largest absolute Gasteiger partial charge is 0.507 e. The number of carbonyl (C=O) groups excluding carboxylic acids is 3. The number of hydrogen-bond acceptors (Lipinski definition) is 9. The molecule has 3 rings (SSSR count). The van der Waals surface area contributed by atoms with Crippen LogP contribution >= 0.6 is 11.3 Å². The Kier molecular flexibility index (Phi) is 6.93. The van der Waals surface area contributed by atoms with Crippen molar-refractivity contribution in [2.24, 2.45) is 0 Å². The second-order valence-corrected chi connectivity index (χ2v) is 6.94. The highest BCUT2D eigenvalue weighted by atomic mass is 32.1. The van der Waals surface area contributed by atoms with E-state index in [4.69, 9.17) is 18.6 Å². The summed E-state index contributed by atoms with van der Waals surface area (Å²) in [6, 6.07) is 7.41. The molecule has 10 heteroatoms. The van der Waals surface area contributed by atoms with Gasteiger partial charge in [-0.3, -0.25) is 4.79 Å². The van der Waals surface area contributed by atoms with E-state index in [1.165, 1.54) is 31.6 Å². The van der Waals surface area contributed by atoms with Crippen molar-refractivity contribution < 1.29 is 38.1 Å². The van der Waals surface area contributed by atoms with E-state index >= 15 is 0 Å². The Bertz CT molecular complexity index is 1090. The SMILES string of the molecule is CCOC(=O)c1c(-c2ccco2)csc1NC(=O)COC(=O)c1ccc(OC)cc1O. The molecule has 31 heavy (non-hydrogen) atoms. The van der Waals surface area contributed by atoms with Gasteiger partial charge in [0, 0.05) is 17.0 Å². The maximum atomic E-state index is 12.4. The van der Waals surface area contributed by atoms with Crippen molar-refractivity contribution in [3.05, 3.63) is 53.1 Å². The smallest absolute Gasteiger partial charge is 0.342 e. The number of rotatable bonds is 8. The fourth-order valence-electron chi connectivity index (χ4n) is 2.65. The predicted octanol–water partition coefficient (Wildman–Crippen LogP) is 3.69. The minimum absolute atomic E-state index is 0.114. The second-order valence-electron chi connectivity index (χ2n) is 6.06. The summed E-state index contributed by atoms with van der Waals surface area (Å²) in [7, 11) is 1.42. The summed E-state index contributed by atoms with van der Waals surface area (Å²) in [4.78, 5) is 36.9. The third kappa shape index (κ3) is 5.04. The van der Waals surface area contributed by atoms with E-state index in [1.54, 1.807) is 24.4 Å². The molecule has 3 aromatic rings. The first kappa shape index (κ1) is 21.9. The molecule has 0 aliphatic carbocycles. The number of methoxy groups -OCH3 is 1. The Hall–Kier alpha value is -3.79. The summed E-state index contributed by atoms with van der Waals surface area (Å²) in [5.41, 5.74) is 0.509. The number of benzene rings is 1. The molecule has 0 atom stereocenters. The molecule has 0 spiro atoms. The number of hydrogen-bond donors (Lipinski definition) is 2. The van der Waals surface area contributed by atoms with Crippen molar-refractivity contribution in [1.82, 2.24) is 0 Å². The first-order valence-electron chi connectivity index (χ1n) is 9.11. The highest BCUT2D eigenvalue weighted by molar-refractivity contribution is 7.15. The normalized spacial score (nSPS) is 10.4. The summed E-state index contributed by atoms with van der Waals surface area (Å²) < 4.78 is 20.3. The first-order chi connectivity index (χ1) is 14.9. The first-order valence-corrected chi connectivity index (χ1v) is 9.99. The topological polar surface area (TPSA) is 124 Å². The Morgan fingerprint density at radius 3 is 2.61 bits per heavy atom. The van der Waals surface area contributed by atoms with Gasteiger partial charge in [0.2, 0.25) is 0 Å². The second kappa shape index (κ2) is 9.81. The number of thiophene rings is 1. The standard InChI is InChI=1S/C21H19NO8S/c1-3-28-21(26)18-14(16-5-4-8-29-16)11-31-19(18)22-17(24)10-30-20(25)13-7-6-12(27-2)9-15(13)23/h4-9,11,23H,3,10H2,1-2H3,(H,22,24). The molecule has 0 aliphatic heterocycles. The average Bonchev–Trinajstić information content (AvgIpc) is 3.42. The number of esters is 2. The van der Waals surface area contributed by atoms with Crippen molar-refractivity contribution in [1.29, 1.82) is 0 Å². The highest BCUT2D eigenvalue weighted by Gasteiger charge is 2.24. The molecule has 2 heterocycles. The lowest BCUT2D eigenvalue weighted by Crippen LogP contribution is -2.21. The maximum Gasteiger partial charge on any atom is 0.342 e. The third-order valence-electron chi connectivity index (χ3n) is 4.07. The molecule has 0 bridgehead atoms. The number of amides is 1. The van der Waals surface area contributed by atoms with Crippen LogP contribution in [0.2, 0.25) is 0 Å². The van der Waals surface area contributed by atoms with Crippen LogP contribution in [0.25, 0.3) is 11.3 Å². The highest BCUT2D eigenvalue weighted by Crippen LogP contribution is 2.36. The molecule has 2 aromatic heterocycles. The molecule has 1 aromatic carbocycles. The molecule has 162 valence electrons. The van der Waals surface area contributed by atoms with E-state index in [0.717, 1.165) is 11.3 Å². The Morgan fingerprint density at radius 1 is 1.16 bits per heavy atom. The molecular weight excluding hydrogens is 426 g/mol. The van der Waals surface area contributed by atoms with Gasteiger partial charge in [-0.2, -0.15) is 0 Å². The van der Waals surface area contributed by atoms with Gasteiger partial charge in [-0.1, -0.05) is 0 Å². The van der Waals surface area contributed by atoms with E-state index in [0.29, 0.717) is 17.1 Å². The molecular formula is C21H19NO8S. The third-order valence-corrected chi connectivity index (χ3v) is 4.96. The van der Waals surface area contributed by atoms with Crippen LogP contribution in [0.3, 0.4) is 0 Å². The van der Waals surface area contributed by atoms with Gasteiger partial charge < -0.3 is 29.1 Å².